The van der Waals surface area contributed by atoms with E-state index in [4.69, 9.17) is 4.74 Å². The Bertz CT molecular complexity index is 1050. The van der Waals surface area contributed by atoms with Crippen molar-refractivity contribution in [1.29, 1.82) is 0 Å². The minimum absolute atomic E-state index is 0.338. The molecule has 2 aromatic carbocycles. The van der Waals surface area contributed by atoms with Gasteiger partial charge in [0.25, 0.3) is 0 Å². The molecule has 0 aromatic heterocycles. The molecule has 154 valence electrons. The van der Waals surface area contributed by atoms with Crippen LogP contribution in [-0.2, 0) is 29.3 Å². The van der Waals surface area contributed by atoms with Crippen LogP contribution in [0.3, 0.4) is 0 Å². The van der Waals surface area contributed by atoms with Crippen LogP contribution in [0.5, 0.6) is 5.75 Å². The molecule has 0 saturated carbocycles. The van der Waals surface area contributed by atoms with Gasteiger partial charge in [-0.05, 0) is 78.6 Å². The van der Waals surface area contributed by atoms with Crippen molar-refractivity contribution in [2.24, 2.45) is 0 Å². The van der Waals surface area contributed by atoms with E-state index in [0.717, 1.165) is 43.7 Å². The minimum Gasteiger partial charge on any atom is -0.493 e. The number of hydrogen-bond acceptors (Lipinski definition) is 4. The Morgan fingerprint density at radius 1 is 1.14 bits per heavy atom. The number of fused-ring (bicyclic) bond motifs is 1. The van der Waals surface area contributed by atoms with Crippen LogP contribution in [0.2, 0.25) is 0 Å². The summed E-state index contributed by atoms with van der Waals surface area (Å²) in [5, 5.41) is 0. The first-order valence-electron chi connectivity index (χ1n) is 10.6. The maximum atomic E-state index is 12.6. The van der Waals surface area contributed by atoms with Gasteiger partial charge in [0.1, 0.15) is 5.75 Å². The molecule has 29 heavy (non-hydrogen) atoms. The van der Waals surface area contributed by atoms with Gasteiger partial charge >= 0.3 is 0 Å². The third-order valence-electron chi connectivity index (χ3n) is 6.68. The molecule has 1 atom stereocenters. The quantitative estimate of drug-likeness (QED) is 0.741. The number of nitrogens with one attached hydrogen (secondary N) is 1. The summed E-state index contributed by atoms with van der Waals surface area (Å²) in [6.45, 7) is 5.31. The molecule has 0 bridgehead atoms. The molecule has 2 aliphatic heterocycles. The van der Waals surface area contributed by atoms with E-state index in [2.05, 4.69) is 28.7 Å². The molecule has 5 nitrogen and oxygen atoms in total. The van der Waals surface area contributed by atoms with Gasteiger partial charge in [0.05, 0.1) is 11.5 Å². The summed E-state index contributed by atoms with van der Waals surface area (Å²) in [4.78, 5) is 2.89. The zero-order chi connectivity index (χ0) is 20.0. The maximum Gasteiger partial charge on any atom is 0.240 e. The number of aryl methyl sites for hydroxylation is 1. The minimum atomic E-state index is -3.47. The molecule has 1 N–H and O–H groups in total. The first kappa shape index (κ1) is 19.1. The van der Waals surface area contributed by atoms with Crippen LogP contribution >= 0.6 is 0 Å². The lowest BCUT2D eigenvalue weighted by molar-refractivity contribution is 0.184. The molecule has 0 saturated heterocycles. The fraction of sp³-hybridized carbons (Fsp3) is 0.478. The fourth-order valence-electron chi connectivity index (χ4n) is 5.17. The lowest BCUT2D eigenvalue weighted by Gasteiger charge is -2.35. The number of benzene rings is 2. The predicted octanol–water partition coefficient (Wildman–Crippen LogP) is 3.14. The van der Waals surface area contributed by atoms with Crippen molar-refractivity contribution in [2.45, 2.75) is 50.0 Å². The van der Waals surface area contributed by atoms with E-state index in [9.17, 15) is 8.42 Å². The van der Waals surface area contributed by atoms with Crippen LogP contribution in [0.15, 0.2) is 35.2 Å². The highest BCUT2D eigenvalue weighted by atomic mass is 32.2. The molecular formula is C23H28N2O3S. The van der Waals surface area contributed by atoms with Gasteiger partial charge in [0.15, 0.2) is 0 Å². The Morgan fingerprint density at radius 3 is 2.93 bits per heavy atom. The van der Waals surface area contributed by atoms with Crippen molar-refractivity contribution in [3.8, 4) is 5.75 Å². The normalized spacial score (nSPS) is 20.4. The van der Waals surface area contributed by atoms with E-state index in [1.807, 2.05) is 0 Å². The van der Waals surface area contributed by atoms with Gasteiger partial charge in [-0.25, -0.2) is 13.1 Å². The third kappa shape index (κ3) is 3.47. The second kappa shape index (κ2) is 7.42. The molecule has 0 radical (unpaired) electrons. The smallest absolute Gasteiger partial charge is 0.240 e. The van der Waals surface area contributed by atoms with E-state index in [1.54, 1.807) is 29.3 Å². The van der Waals surface area contributed by atoms with E-state index < -0.39 is 10.0 Å². The van der Waals surface area contributed by atoms with Gasteiger partial charge in [0, 0.05) is 32.1 Å². The predicted molar refractivity (Wildman–Crippen MR) is 113 cm³/mol. The summed E-state index contributed by atoms with van der Waals surface area (Å²) in [6, 6.07) is 10.2. The Labute approximate surface area is 173 Å². The second-order valence-electron chi connectivity index (χ2n) is 8.39. The lowest BCUT2D eigenvalue weighted by atomic mass is 9.91. The van der Waals surface area contributed by atoms with E-state index in [1.165, 1.54) is 24.0 Å². The molecule has 0 fully saturated rings. The molecule has 1 aliphatic carbocycles. The molecule has 0 spiro atoms. The summed E-state index contributed by atoms with van der Waals surface area (Å²) < 4.78 is 33.5. The summed E-state index contributed by atoms with van der Waals surface area (Å²) in [5.74, 6) is 0.806. The van der Waals surface area contributed by atoms with Crippen LogP contribution in [0.4, 0.5) is 0 Å². The summed E-state index contributed by atoms with van der Waals surface area (Å²) in [7, 11) is -3.47. The van der Waals surface area contributed by atoms with Crippen molar-refractivity contribution >= 4 is 10.0 Å². The van der Waals surface area contributed by atoms with Crippen LogP contribution in [0.1, 0.15) is 46.7 Å². The molecule has 6 heteroatoms. The van der Waals surface area contributed by atoms with Gasteiger partial charge in [-0.2, -0.15) is 0 Å². The van der Waals surface area contributed by atoms with Crippen LogP contribution < -0.4 is 9.46 Å². The SMILES string of the molecule is Cc1ccc2c3c1CCC3N(CCCNS(=O)(=O)c1ccc3c(c1)CCO3)CC2. The first-order valence-corrected chi connectivity index (χ1v) is 12.1. The Balaban J connectivity index is 1.19. The highest BCUT2D eigenvalue weighted by molar-refractivity contribution is 7.89. The monoisotopic (exact) mass is 412 g/mol. The van der Waals surface area contributed by atoms with Gasteiger partial charge in [0.2, 0.25) is 10.0 Å². The van der Waals surface area contributed by atoms with E-state index in [-0.39, 0.29) is 0 Å². The number of hydrogen-bond donors (Lipinski definition) is 1. The fourth-order valence-corrected chi connectivity index (χ4v) is 6.29. The molecule has 3 aliphatic rings. The first-order chi connectivity index (χ1) is 14.0. The zero-order valence-corrected chi connectivity index (χ0v) is 17.7. The molecular weight excluding hydrogens is 384 g/mol. The molecule has 2 heterocycles. The van der Waals surface area contributed by atoms with Crippen molar-refractivity contribution in [3.63, 3.8) is 0 Å². The highest BCUT2D eigenvalue weighted by Gasteiger charge is 2.33. The number of ether oxygens (including phenoxy) is 1. The second-order valence-corrected chi connectivity index (χ2v) is 10.2. The van der Waals surface area contributed by atoms with Gasteiger partial charge < -0.3 is 4.74 Å². The summed E-state index contributed by atoms with van der Waals surface area (Å²) in [6.07, 6.45) is 5.06. The van der Waals surface area contributed by atoms with Crippen molar-refractivity contribution in [2.75, 3.05) is 26.2 Å². The Morgan fingerprint density at radius 2 is 2.03 bits per heavy atom. The third-order valence-corrected chi connectivity index (χ3v) is 8.14. The van der Waals surface area contributed by atoms with Crippen LogP contribution in [-0.4, -0.2) is 39.6 Å². The van der Waals surface area contributed by atoms with Crippen LogP contribution in [0, 0.1) is 6.92 Å². The average molecular weight is 413 g/mol. The molecule has 0 amide bonds. The maximum absolute atomic E-state index is 12.6. The van der Waals surface area contributed by atoms with Crippen molar-refractivity contribution in [1.82, 2.24) is 9.62 Å². The van der Waals surface area contributed by atoms with E-state index >= 15 is 0 Å². The number of nitrogens with zero attached hydrogens (tertiary/aromatic N) is 1. The van der Waals surface area contributed by atoms with Gasteiger partial charge in [-0.3, -0.25) is 4.90 Å². The average Bonchev–Trinajstić information content (AvgIpc) is 3.36. The zero-order valence-electron chi connectivity index (χ0n) is 16.9. The van der Waals surface area contributed by atoms with Gasteiger partial charge in [-0.1, -0.05) is 12.1 Å². The summed E-state index contributed by atoms with van der Waals surface area (Å²) in [5.41, 5.74) is 7.04. The highest BCUT2D eigenvalue weighted by Crippen LogP contribution is 2.42. The molecule has 2 aromatic rings. The van der Waals surface area contributed by atoms with Crippen molar-refractivity contribution in [3.05, 3.63) is 58.1 Å². The summed E-state index contributed by atoms with van der Waals surface area (Å²) >= 11 is 0. The lowest BCUT2D eigenvalue weighted by Crippen LogP contribution is -2.36. The number of rotatable bonds is 6. The molecule has 1 unspecified atom stereocenters. The Hall–Kier alpha value is -1.89. The van der Waals surface area contributed by atoms with Gasteiger partial charge in [-0.15, -0.1) is 0 Å². The largest absolute Gasteiger partial charge is 0.493 e. The topological polar surface area (TPSA) is 58.6 Å². The standard InChI is InChI=1S/C23H28N2O3S/c1-16-3-4-17-9-13-25(21-7-6-20(16)23(17)21)12-2-11-24-29(26,27)19-5-8-22-18(15-19)10-14-28-22/h3-5,8,15,21,24H,2,6-7,9-14H2,1H3. The molecule has 5 rings (SSSR count). The number of sulfonamides is 1. The Kier molecular flexibility index (Phi) is 4.88. The van der Waals surface area contributed by atoms with E-state index in [0.29, 0.717) is 24.1 Å². The van der Waals surface area contributed by atoms with Crippen LogP contribution in [0.25, 0.3) is 0 Å². The van der Waals surface area contributed by atoms with Crippen molar-refractivity contribution < 1.29 is 13.2 Å².